The summed E-state index contributed by atoms with van der Waals surface area (Å²) in [5.74, 6) is -0.725. The average molecular weight is 457 g/mol. The van der Waals surface area contributed by atoms with Crippen molar-refractivity contribution < 1.29 is 41.1 Å². The molecule has 10 heteroatoms. The maximum absolute atomic E-state index is 13.0. The van der Waals surface area contributed by atoms with Crippen LogP contribution in [0.25, 0.3) is 0 Å². The zero-order valence-corrected chi connectivity index (χ0v) is 16.4. The molecular weight excluding hydrogens is 440 g/mol. The van der Waals surface area contributed by atoms with Crippen LogP contribution in [0, 0.1) is 0 Å². The summed E-state index contributed by atoms with van der Waals surface area (Å²) < 4.78 is 83.9. The Hall–Kier alpha value is -3.03. The lowest BCUT2D eigenvalue weighted by Gasteiger charge is -2.27. The van der Waals surface area contributed by atoms with Gasteiger partial charge in [-0.05, 0) is 60.8 Å². The van der Waals surface area contributed by atoms with Gasteiger partial charge < -0.3 is 4.74 Å². The van der Waals surface area contributed by atoms with Crippen LogP contribution in [0.5, 0.6) is 0 Å². The quantitative estimate of drug-likeness (QED) is 0.205. The van der Waals surface area contributed by atoms with Gasteiger partial charge in [-0.1, -0.05) is 11.5 Å². The highest BCUT2D eigenvalue weighted by Gasteiger charge is 2.37. The largest absolute Gasteiger partial charge is 0.416 e. The minimum atomic E-state index is -4.92. The number of hydrogen-bond donors (Lipinski definition) is 2. The van der Waals surface area contributed by atoms with Gasteiger partial charge in [0.2, 0.25) is 0 Å². The van der Waals surface area contributed by atoms with Crippen molar-refractivity contribution in [1.29, 1.82) is 0 Å². The number of halogens is 6. The smallest absolute Gasteiger partial charge is 0.368 e. The second kappa shape index (κ2) is 9.22. The fourth-order valence-corrected chi connectivity index (χ4v) is 3.40. The summed E-state index contributed by atoms with van der Waals surface area (Å²) in [4.78, 5) is 11.1. The Morgan fingerprint density at radius 1 is 1.12 bits per heavy atom. The molecule has 3 rings (SSSR count). The number of alkyl halides is 6. The van der Waals surface area contributed by atoms with E-state index in [0.29, 0.717) is 42.5 Å². The number of carbonyl (C=O) groups is 1. The van der Waals surface area contributed by atoms with Gasteiger partial charge in [0.15, 0.2) is 0 Å². The first-order valence-electron chi connectivity index (χ1n) is 9.46. The number of benzene rings is 1. The predicted octanol–water partition coefficient (Wildman–Crippen LogP) is 5.40. The van der Waals surface area contributed by atoms with E-state index in [9.17, 15) is 31.1 Å². The summed E-state index contributed by atoms with van der Waals surface area (Å²) in [5.41, 5.74) is 6.10. The predicted molar refractivity (Wildman–Crippen MR) is 100 cm³/mol. The van der Waals surface area contributed by atoms with Gasteiger partial charge in [-0.2, -0.15) is 26.3 Å². The Kier molecular flexibility index (Phi) is 6.81. The van der Waals surface area contributed by atoms with Gasteiger partial charge in [-0.3, -0.25) is 10.0 Å². The van der Waals surface area contributed by atoms with E-state index in [1.165, 1.54) is 11.6 Å². The topological polar surface area (TPSA) is 58.6 Å². The summed E-state index contributed by atoms with van der Waals surface area (Å²) in [7, 11) is 0. The van der Waals surface area contributed by atoms with Crippen molar-refractivity contribution in [2.45, 2.75) is 44.3 Å². The van der Waals surface area contributed by atoms with E-state index in [1.54, 1.807) is 6.08 Å². The lowest BCUT2D eigenvalue weighted by Crippen LogP contribution is -2.22. The number of hydroxylamine groups is 1. The number of hydrogen-bond acceptors (Lipinski definition) is 3. The molecule has 4 nitrogen and oxygen atoms in total. The molecule has 1 fully saturated rings. The first kappa shape index (κ1) is 23.6. The molecule has 1 saturated carbocycles. The van der Waals surface area contributed by atoms with E-state index >= 15 is 0 Å². The number of amides is 1. The highest BCUT2D eigenvalue weighted by atomic mass is 19.4. The first-order valence-corrected chi connectivity index (χ1v) is 9.46. The summed E-state index contributed by atoms with van der Waals surface area (Å²) >= 11 is 0. The SMILES string of the molecule is O=C(/C=C/C1=C=C=C2C(=C1)CCCC2OCc1cc(C(F)(F)F)cc(C(F)(F)F)c1)NO. The Morgan fingerprint density at radius 3 is 2.38 bits per heavy atom. The molecule has 1 aromatic carbocycles. The van der Waals surface area contributed by atoms with Gasteiger partial charge in [0, 0.05) is 17.2 Å². The average Bonchev–Trinajstić information content (AvgIpc) is 2.74. The molecule has 0 aromatic heterocycles. The third-order valence-corrected chi connectivity index (χ3v) is 4.87. The van der Waals surface area contributed by atoms with Gasteiger partial charge in [-0.15, -0.1) is 0 Å². The van der Waals surface area contributed by atoms with Gasteiger partial charge >= 0.3 is 12.4 Å². The number of allylic oxidation sites excluding steroid dienone is 3. The van der Waals surface area contributed by atoms with E-state index in [-0.39, 0.29) is 11.6 Å². The molecule has 0 radical (unpaired) electrons. The van der Waals surface area contributed by atoms with E-state index in [1.807, 2.05) is 0 Å². The Bertz CT molecular complexity index is 1040. The summed E-state index contributed by atoms with van der Waals surface area (Å²) in [6.45, 7) is -0.441. The van der Waals surface area contributed by atoms with Gasteiger partial charge in [0.05, 0.1) is 23.8 Å². The van der Waals surface area contributed by atoms with Crippen LogP contribution in [0.4, 0.5) is 26.3 Å². The molecule has 0 saturated heterocycles. The fourth-order valence-electron chi connectivity index (χ4n) is 3.40. The van der Waals surface area contributed by atoms with Crippen molar-refractivity contribution in [3.63, 3.8) is 0 Å². The molecule has 0 bridgehead atoms. The minimum absolute atomic E-state index is 0.0776. The minimum Gasteiger partial charge on any atom is -0.368 e. The second-order valence-corrected chi connectivity index (χ2v) is 7.20. The highest BCUT2D eigenvalue weighted by molar-refractivity contribution is 5.87. The van der Waals surface area contributed by atoms with Crippen LogP contribution in [-0.2, 0) is 28.5 Å². The first-order chi connectivity index (χ1) is 15.0. The lowest BCUT2D eigenvalue weighted by molar-refractivity contribution is -0.143. The van der Waals surface area contributed by atoms with Crippen molar-refractivity contribution in [2.75, 3.05) is 0 Å². The zero-order valence-electron chi connectivity index (χ0n) is 16.4. The van der Waals surface area contributed by atoms with Gasteiger partial charge in [0.25, 0.3) is 5.91 Å². The molecule has 0 aliphatic heterocycles. The fraction of sp³-hybridized carbons (Fsp3) is 0.318. The van der Waals surface area contributed by atoms with E-state index in [0.717, 1.165) is 11.6 Å². The monoisotopic (exact) mass is 457 g/mol. The highest BCUT2D eigenvalue weighted by Crippen LogP contribution is 2.37. The molecule has 0 heterocycles. The molecule has 170 valence electrons. The summed E-state index contributed by atoms with van der Waals surface area (Å²) in [5, 5.41) is 8.51. The Morgan fingerprint density at radius 2 is 1.78 bits per heavy atom. The number of nitrogens with one attached hydrogen (secondary N) is 1. The van der Waals surface area contributed by atoms with Crippen molar-refractivity contribution in [3.8, 4) is 0 Å². The molecule has 32 heavy (non-hydrogen) atoms. The third kappa shape index (κ3) is 5.81. The van der Waals surface area contributed by atoms with Crippen LogP contribution < -0.4 is 5.48 Å². The van der Waals surface area contributed by atoms with Gasteiger partial charge in [0.1, 0.15) is 0 Å². The van der Waals surface area contributed by atoms with Crippen LogP contribution >= 0.6 is 0 Å². The molecule has 1 atom stereocenters. The molecule has 1 amide bonds. The van der Waals surface area contributed by atoms with Crippen molar-refractivity contribution in [2.24, 2.45) is 0 Å². The Balaban J connectivity index is 1.83. The van der Waals surface area contributed by atoms with Crippen LogP contribution in [0.1, 0.15) is 36.0 Å². The number of rotatable bonds is 5. The van der Waals surface area contributed by atoms with E-state index in [2.05, 4.69) is 11.5 Å². The molecule has 1 aromatic rings. The Labute approximate surface area is 178 Å². The van der Waals surface area contributed by atoms with Crippen LogP contribution in [0.2, 0.25) is 0 Å². The maximum atomic E-state index is 13.0. The summed E-state index contributed by atoms with van der Waals surface area (Å²) in [6.07, 6.45) is -4.32. The van der Waals surface area contributed by atoms with Crippen molar-refractivity contribution in [3.05, 3.63) is 81.3 Å². The molecule has 1 unspecified atom stereocenters. The maximum Gasteiger partial charge on any atom is 0.416 e. The number of carbonyl (C=O) groups excluding carboxylic acids is 1. The van der Waals surface area contributed by atoms with Crippen molar-refractivity contribution in [1.82, 2.24) is 5.48 Å². The molecule has 2 N–H and O–H groups in total. The zero-order chi connectivity index (χ0) is 23.5. The standard InChI is InChI=1S/C22H17F6NO3/c23-21(24,25)16-9-14(10-17(11-16)22(26,27)28)12-32-19-3-1-2-15-8-13(4-6-18(15)19)5-7-20(30)29-31/h5,7-11,19,31H,1-3,12H2,(H,29,30)/b7-5+. The second-order valence-electron chi connectivity index (χ2n) is 7.20. The lowest BCUT2D eigenvalue weighted by atomic mass is 9.85. The molecular formula is C22H17F6NO3. The molecule has 2 aliphatic rings. The van der Waals surface area contributed by atoms with Crippen LogP contribution in [0.15, 0.2) is 64.6 Å². The third-order valence-electron chi connectivity index (χ3n) is 4.87. The number of ether oxygens (including phenoxy) is 1. The normalized spacial score (nSPS) is 18.7. The van der Waals surface area contributed by atoms with Gasteiger partial charge in [-0.25, -0.2) is 5.48 Å². The van der Waals surface area contributed by atoms with Crippen molar-refractivity contribution >= 4 is 5.91 Å². The molecule has 0 spiro atoms. The van der Waals surface area contributed by atoms with Crippen LogP contribution in [0.3, 0.4) is 0 Å². The van der Waals surface area contributed by atoms with E-state index < -0.39 is 42.1 Å². The van der Waals surface area contributed by atoms with E-state index in [4.69, 9.17) is 9.94 Å². The summed E-state index contributed by atoms with van der Waals surface area (Å²) in [6, 6.07) is 1.37. The number of fused-ring (bicyclic) bond motifs is 1. The molecule has 2 aliphatic carbocycles. The van der Waals surface area contributed by atoms with Crippen LogP contribution in [-0.4, -0.2) is 17.2 Å².